The average Bonchev–Trinajstić information content (AvgIpc) is 3.44. The van der Waals surface area contributed by atoms with Crippen LogP contribution < -0.4 is 5.69 Å². The molecule has 0 radical (unpaired) electrons. The molecule has 168 valence electrons. The van der Waals surface area contributed by atoms with Crippen molar-refractivity contribution in [2.24, 2.45) is 13.0 Å². The zero-order valence-corrected chi connectivity index (χ0v) is 18.5. The molecule has 7 heteroatoms. The third-order valence-electron chi connectivity index (χ3n) is 6.47. The van der Waals surface area contributed by atoms with Crippen LogP contribution in [0.5, 0.6) is 0 Å². The first-order valence-corrected chi connectivity index (χ1v) is 11.0. The average molecular weight is 436 g/mol. The second-order valence-corrected chi connectivity index (χ2v) is 8.64. The lowest BCUT2D eigenvalue weighted by Crippen LogP contribution is -2.26. The first-order chi connectivity index (χ1) is 15.4. The van der Waals surface area contributed by atoms with Crippen molar-refractivity contribution in [2.75, 3.05) is 0 Å². The largest absolute Gasteiger partial charge is 0.503 e. The van der Waals surface area contributed by atoms with Crippen LogP contribution in [0, 0.1) is 12.8 Å². The number of carboxylic acid groups (broad SMARTS) is 2. The Bertz CT molecular complexity index is 1320. The molecule has 0 aliphatic heterocycles. The number of nitrogens with zero attached hydrogens (tertiary/aromatic N) is 3. The highest BCUT2D eigenvalue weighted by molar-refractivity contribution is 5.87. The van der Waals surface area contributed by atoms with Gasteiger partial charge in [0.25, 0.3) is 0 Å². The summed E-state index contributed by atoms with van der Waals surface area (Å²) < 4.78 is 6.15. The molecule has 1 aliphatic carbocycles. The second kappa shape index (κ2) is 8.94. The lowest BCUT2D eigenvalue weighted by molar-refractivity contribution is 0.137. The summed E-state index contributed by atoms with van der Waals surface area (Å²) in [4.78, 5) is 22.0. The van der Waals surface area contributed by atoms with Crippen LogP contribution in [-0.4, -0.2) is 30.1 Å². The predicted octanol–water partition coefficient (Wildman–Crippen LogP) is 5.06. The van der Waals surface area contributed by atoms with E-state index < -0.39 is 6.16 Å². The van der Waals surface area contributed by atoms with Gasteiger partial charge in [0.2, 0.25) is 0 Å². The molecular weight excluding hydrogens is 406 g/mol. The van der Waals surface area contributed by atoms with E-state index in [2.05, 4.69) is 55.1 Å². The van der Waals surface area contributed by atoms with Gasteiger partial charge in [0.15, 0.2) is 0 Å². The molecule has 0 saturated heterocycles. The van der Waals surface area contributed by atoms with Gasteiger partial charge in [-0.15, -0.1) is 0 Å². The Hall–Kier alpha value is -3.48. The highest BCUT2D eigenvalue weighted by Crippen LogP contribution is 2.28. The maximum Gasteiger partial charge on any atom is 0.503 e. The summed E-state index contributed by atoms with van der Waals surface area (Å²) in [6, 6.07) is 14.7. The van der Waals surface area contributed by atoms with Crippen molar-refractivity contribution in [1.29, 1.82) is 0 Å². The lowest BCUT2D eigenvalue weighted by atomic mass is 10.1. The number of para-hydroxylation sites is 2. The molecule has 0 unspecified atom stereocenters. The number of rotatable bonds is 4. The summed E-state index contributed by atoms with van der Waals surface area (Å²) in [5, 5.41) is 15.2. The number of aryl methyl sites for hydroxylation is 2. The van der Waals surface area contributed by atoms with E-state index in [1.165, 1.54) is 47.7 Å². The van der Waals surface area contributed by atoms with Crippen molar-refractivity contribution in [1.82, 2.24) is 13.7 Å². The standard InChI is InChI=1S/C24H27N3O.CH2O3/c1-17-8-7-13-22-23(17)19(15-25(22)2)16-27-21-12-6-5-11-20(21)26(24(27)28)14-18-9-3-4-10-18;2-1(3)4/h5-8,11-13,15,18H,3-4,9-10,14,16H2,1-2H3;(H2,2,3,4). The van der Waals surface area contributed by atoms with Gasteiger partial charge in [-0.25, -0.2) is 9.59 Å². The summed E-state index contributed by atoms with van der Waals surface area (Å²) >= 11 is 0. The maximum absolute atomic E-state index is 13.4. The van der Waals surface area contributed by atoms with Crippen molar-refractivity contribution in [3.63, 3.8) is 0 Å². The molecule has 1 fully saturated rings. The molecule has 7 nitrogen and oxygen atoms in total. The van der Waals surface area contributed by atoms with Crippen molar-refractivity contribution in [3.05, 3.63) is 70.3 Å². The van der Waals surface area contributed by atoms with Crippen LogP contribution in [0.25, 0.3) is 21.9 Å². The molecule has 0 bridgehead atoms. The zero-order valence-electron chi connectivity index (χ0n) is 18.5. The Labute approximate surface area is 186 Å². The van der Waals surface area contributed by atoms with Crippen LogP contribution in [0.15, 0.2) is 53.5 Å². The van der Waals surface area contributed by atoms with E-state index in [9.17, 15) is 4.79 Å². The fourth-order valence-corrected chi connectivity index (χ4v) is 5.07. The van der Waals surface area contributed by atoms with Crippen molar-refractivity contribution >= 4 is 28.1 Å². The smallest absolute Gasteiger partial charge is 0.450 e. The van der Waals surface area contributed by atoms with E-state index in [1.54, 1.807) is 0 Å². The maximum atomic E-state index is 13.4. The van der Waals surface area contributed by atoms with Gasteiger partial charge in [-0.05, 0) is 55.0 Å². The van der Waals surface area contributed by atoms with Crippen LogP contribution in [0.2, 0.25) is 0 Å². The Morgan fingerprint density at radius 3 is 2.22 bits per heavy atom. The molecule has 0 atom stereocenters. The lowest BCUT2D eigenvalue weighted by Gasteiger charge is -2.09. The second-order valence-electron chi connectivity index (χ2n) is 8.64. The molecule has 2 aromatic heterocycles. The summed E-state index contributed by atoms with van der Waals surface area (Å²) in [5.41, 5.74) is 5.92. The van der Waals surface area contributed by atoms with E-state index in [-0.39, 0.29) is 5.69 Å². The Balaban J connectivity index is 0.000000567. The number of hydrogen-bond donors (Lipinski definition) is 2. The Morgan fingerprint density at radius 1 is 0.969 bits per heavy atom. The number of aromatic nitrogens is 3. The van der Waals surface area contributed by atoms with Gasteiger partial charge >= 0.3 is 11.8 Å². The quantitative estimate of drug-likeness (QED) is 0.469. The van der Waals surface area contributed by atoms with Crippen LogP contribution >= 0.6 is 0 Å². The predicted molar refractivity (Wildman–Crippen MR) is 126 cm³/mol. The van der Waals surface area contributed by atoms with Gasteiger partial charge in [-0.3, -0.25) is 9.13 Å². The van der Waals surface area contributed by atoms with Gasteiger partial charge in [0.05, 0.1) is 17.6 Å². The summed E-state index contributed by atoms with van der Waals surface area (Å²) in [6.07, 6.45) is 5.43. The van der Waals surface area contributed by atoms with Crippen molar-refractivity contribution in [3.8, 4) is 0 Å². The third-order valence-corrected chi connectivity index (χ3v) is 6.47. The molecule has 5 rings (SSSR count). The number of carbonyl (C=O) groups is 1. The first-order valence-electron chi connectivity index (χ1n) is 11.0. The van der Waals surface area contributed by atoms with Crippen LogP contribution in [0.3, 0.4) is 0 Å². The van der Waals surface area contributed by atoms with Crippen LogP contribution in [0.1, 0.15) is 36.8 Å². The van der Waals surface area contributed by atoms with Crippen molar-refractivity contribution < 1.29 is 15.0 Å². The van der Waals surface area contributed by atoms with Gasteiger partial charge in [-0.1, -0.05) is 37.1 Å². The van der Waals surface area contributed by atoms with Gasteiger partial charge in [0.1, 0.15) is 0 Å². The summed E-state index contributed by atoms with van der Waals surface area (Å²) in [6.45, 7) is 3.61. The molecule has 4 aromatic rings. The van der Waals surface area contributed by atoms with Crippen LogP contribution in [-0.2, 0) is 20.1 Å². The number of imidazole rings is 1. The van der Waals surface area contributed by atoms with E-state index in [1.807, 2.05) is 21.3 Å². The molecule has 0 amide bonds. The summed E-state index contributed by atoms with van der Waals surface area (Å²) in [7, 11) is 2.08. The first kappa shape index (κ1) is 21.7. The van der Waals surface area contributed by atoms with E-state index in [4.69, 9.17) is 15.0 Å². The molecule has 0 spiro atoms. The van der Waals surface area contributed by atoms with E-state index in [0.29, 0.717) is 12.5 Å². The molecule has 1 saturated carbocycles. The highest BCUT2D eigenvalue weighted by atomic mass is 16.6. The third kappa shape index (κ3) is 4.15. The SMILES string of the molecule is Cc1cccc2c1c(Cn1c(=O)n(CC3CCCC3)c3ccccc31)cn2C.O=C(O)O. The Kier molecular flexibility index (Phi) is 6.08. The minimum Gasteiger partial charge on any atom is -0.450 e. The minimum atomic E-state index is -1.83. The summed E-state index contributed by atoms with van der Waals surface area (Å²) in [5.74, 6) is 0.636. The molecule has 1 aliphatic rings. The zero-order chi connectivity index (χ0) is 22.8. The van der Waals surface area contributed by atoms with E-state index >= 15 is 0 Å². The highest BCUT2D eigenvalue weighted by Gasteiger charge is 2.21. The number of benzene rings is 2. The van der Waals surface area contributed by atoms with Crippen molar-refractivity contribution in [2.45, 2.75) is 45.7 Å². The van der Waals surface area contributed by atoms with E-state index in [0.717, 1.165) is 17.6 Å². The molecule has 2 heterocycles. The van der Waals surface area contributed by atoms with Gasteiger partial charge < -0.3 is 14.8 Å². The molecule has 2 N–H and O–H groups in total. The van der Waals surface area contributed by atoms with Gasteiger partial charge in [-0.2, -0.15) is 0 Å². The fraction of sp³-hybridized carbons (Fsp3) is 0.360. The minimum absolute atomic E-state index is 0.124. The van der Waals surface area contributed by atoms with Gasteiger partial charge in [0, 0.05) is 30.7 Å². The molecule has 2 aromatic carbocycles. The Morgan fingerprint density at radius 2 is 1.56 bits per heavy atom. The monoisotopic (exact) mass is 435 g/mol. The fourth-order valence-electron chi connectivity index (χ4n) is 5.07. The number of fused-ring (bicyclic) bond motifs is 2. The normalized spacial score (nSPS) is 14.1. The topological polar surface area (TPSA) is 89.4 Å². The molecular formula is C25H29N3O4. The molecule has 32 heavy (non-hydrogen) atoms. The number of hydrogen-bond acceptors (Lipinski definition) is 2. The van der Waals surface area contributed by atoms with Crippen LogP contribution in [0.4, 0.5) is 4.79 Å².